The highest BCUT2D eigenvalue weighted by molar-refractivity contribution is 5.94. The van der Waals surface area contributed by atoms with Crippen molar-refractivity contribution in [1.82, 2.24) is 19.4 Å². The van der Waals surface area contributed by atoms with Crippen molar-refractivity contribution in [2.75, 3.05) is 56.7 Å². The summed E-state index contributed by atoms with van der Waals surface area (Å²) in [6.07, 6.45) is 0.818. The average Bonchev–Trinajstić information content (AvgIpc) is 3.39. The number of nitrogens with one attached hydrogen (secondary N) is 1. The maximum atomic E-state index is 13.2. The number of hydrogen-bond acceptors (Lipinski definition) is 9. The van der Waals surface area contributed by atoms with E-state index < -0.39 is 18.0 Å². The number of benzene rings is 1. The number of carbonyl (C=O) groups excluding carboxylic acids is 1. The van der Waals surface area contributed by atoms with Crippen LogP contribution < -0.4 is 20.7 Å². The maximum Gasteiger partial charge on any atom is 0.573 e. The number of hydrogen-bond donors (Lipinski definition) is 2. The van der Waals surface area contributed by atoms with Gasteiger partial charge in [0.05, 0.1) is 29.2 Å². The van der Waals surface area contributed by atoms with E-state index in [1.54, 1.807) is 35.0 Å². The molecule has 2 aliphatic rings. The van der Waals surface area contributed by atoms with Gasteiger partial charge in [0.25, 0.3) is 0 Å². The molecule has 3 aromatic rings. The van der Waals surface area contributed by atoms with E-state index in [-0.39, 0.29) is 23.5 Å². The van der Waals surface area contributed by atoms with Gasteiger partial charge >= 0.3 is 6.36 Å². The van der Waals surface area contributed by atoms with Crippen LogP contribution in [0.1, 0.15) is 29.6 Å². The Hall–Kier alpha value is -3.88. The van der Waals surface area contributed by atoms with E-state index in [4.69, 9.17) is 15.2 Å². The van der Waals surface area contributed by atoms with Crippen LogP contribution in [0, 0.1) is 0 Å². The Bertz CT molecular complexity index is 1370. The van der Waals surface area contributed by atoms with Crippen LogP contribution in [0.2, 0.25) is 0 Å². The Labute approximate surface area is 241 Å². The fourth-order valence-electron chi connectivity index (χ4n) is 4.94. The molecule has 226 valence electrons. The molecule has 0 bridgehead atoms. The second-order valence-electron chi connectivity index (χ2n) is 10.2. The first-order valence-electron chi connectivity index (χ1n) is 13.8. The van der Waals surface area contributed by atoms with Crippen LogP contribution in [-0.2, 0) is 16.0 Å². The lowest BCUT2D eigenvalue weighted by Crippen LogP contribution is -2.44. The molecular weight excluding hydrogens is 555 g/mol. The molecule has 2 saturated heterocycles. The Kier molecular flexibility index (Phi) is 9.14. The molecule has 5 rings (SSSR count). The normalized spacial score (nSPS) is 18.2. The molecule has 0 saturated carbocycles. The number of aromatic nitrogens is 3. The summed E-state index contributed by atoms with van der Waals surface area (Å²) in [5, 5.41) is 2.90. The zero-order valence-corrected chi connectivity index (χ0v) is 23.3. The highest BCUT2D eigenvalue weighted by Gasteiger charge is 2.32. The van der Waals surface area contributed by atoms with Gasteiger partial charge in [-0.1, -0.05) is 0 Å². The van der Waals surface area contributed by atoms with Gasteiger partial charge in [-0.3, -0.25) is 4.79 Å². The van der Waals surface area contributed by atoms with Gasteiger partial charge in [0.15, 0.2) is 12.0 Å². The molecule has 1 unspecified atom stereocenters. The second-order valence-corrected chi connectivity index (χ2v) is 10.2. The summed E-state index contributed by atoms with van der Waals surface area (Å²) in [6, 6.07) is 7.74. The molecule has 1 aromatic carbocycles. The standard InChI is InChI=1S/C28H34F3N7O4/c1-36-9-11-37(12-10-36)20-5-6-24(42-28(29,30)31)22(17-20)35-27-33-8-7-21(34-27)23-16-19(26(32)39)18-38(23)13-15-41-25-4-2-3-14-40-25/h5-8,16-18,25H,2-4,9-15H2,1H3,(H2,32,39)(H,33,34,35). The van der Waals surface area contributed by atoms with Gasteiger partial charge in [-0.15, -0.1) is 13.2 Å². The first-order valence-corrected chi connectivity index (χ1v) is 13.8. The number of piperazine rings is 1. The van der Waals surface area contributed by atoms with Gasteiger partial charge in [0.1, 0.15) is 0 Å². The molecule has 4 heterocycles. The Morgan fingerprint density at radius 3 is 2.69 bits per heavy atom. The fourth-order valence-corrected chi connectivity index (χ4v) is 4.94. The Morgan fingerprint density at radius 2 is 1.98 bits per heavy atom. The number of halogens is 3. The third-order valence-corrected chi connectivity index (χ3v) is 7.18. The largest absolute Gasteiger partial charge is 0.573 e. The van der Waals surface area contributed by atoms with Crippen LogP contribution in [0.3, 0.4) is 0 Å². The highest BCUT2D eigenvalue weighted by Crippen LogP contribution is 2.35. The van der Waals surface area contributed by atoms with Crippen molar-refractivity contribution in [3.05, 3.63) is 48.3 Å². The molecule has 1 amide bonds. The Morgan fingerprint density at radius 1 is 1.17 bits per heavy atom. The molecule has 2 aliphatic heterocycles. The van der Waals surface area contributed by atoms with E-state index in [9.17, 15) is 18.0 Å². The minimum Gasteiger partial charge on any atom is -0.404 e. The summed E-state index contributed by atoms with van der Waals surface area (Å²) in [5.41, 5.74) is 7.64. The molecule has 2 aromatic heterocycles. The number of likely N-dealkylation sites (N-methyl/N-ethyl adjacent to an activating group) is 1. The van der Waals surface area contributed by atoms with Gasteiger partial charge < -0.3 is 39.6 Å². The van der Waals surface area contributed by atoms with Crippen molar-refractivity contribution in [3.8, 4) is 17.1 Å². The summed E-state index contributed by atoms with van der Waals surface area (Å²) >= 11 is 0. The lowest BCUT2D eigenvalue weighted by Gasteiger charge is -2.34. The van der Waals surface area contributed by atoms with Gasteiger partial charge in [0, 0.05) is 57.4 Å². The molecular formula is C28H34F3N7O4. The molecule has 0 aliphatic carbocycles. The number of primary amides is 1. The summed E-state index contributed by atoms with van der Waals surface area (Å²) < 4.78 is 57.2. The summed E-state index contributed by atoms with van der Waals surface area (Å²) in [6.45, 7) is 4.52. The summed E-state index contributed by atoms with van der Waals surface area (Å²) in [7, 11) is 2.02. The first-order chi connectivity index (χ1) is 20.1. The lowest BCUT2D eigenvalue weighted by molar-refractivity contribution is -0.274. The number of rotatable bonds is 10. The average molecular weight is 590 g/mol. The number of carbonyl (C=O) groups is 1. The van der Waals surface area contributed by atoms with E-state index >= 15 is 0 Å². The smallest absolute Gasteiger partial charge is 0.404 e. The zero-order chi connectivity index (χ0) is 29.7. The lowest BCUT2D eigenvalue weighted by atomic mass is 10.2. The number of anilines is 3. The summed E-state index contributed by atoms with van der Waals surface area (Å²) in [4.78, 5) is 25.0. The van der Waals surface area contributed by atoms with Crippen LogP contribution in [0.5, 0.6) is 5.75 Å². The molecule has 14 heteroatoms. The highest BCUT2D eigenvalue weighted by atomic mass is 19.4. The SMILES string of the molecule is CN1CCN(c2ccc(OC(F)(F)F)c(Nc3nccc(-c4cc(C(N)=O)cn4CCOC4CCCCO4)n3)c2)CC1. The minimum atomic E-state index is -4.88. The number of nitrogens with zero attached hydrogens (tertiary/aromatic N) is 5. The zero-order valence-electron chi connectivity index (χ0n) is 23.3. The second kappa shape index (κ2) is 13.0. The van der Waals surface area contributed by atoms with Crippen molar-refractivity contribution in [2.45, 2.75) is 38.5 Å². The third kappa shape index (κ3) is 7.69. The van der Waals surface area contributed by atoms with Crippen molar-refractivity contribution < 1.29 is 32.2 Å². The topological polar surface area (TPSA) is 120 Å². The third-order valence-electron chi connectivity index (χ3n) is 7.18. The molecule has 11 nitrogen and oxygen atoms in total. The van der Waals surface area contributed by atoms with Gasteiger partial charge in [-0.05, 0) is 56.6 Å². The van der Waals surface area contributed by atoms with Crippen LogP contribution in [0.25, 0.3) is 11.4 Å². The predicted molar refractivity (Wildman–Crippen MR) is 150 cm³/mol. The number of ether oxygens (including phenoxy) is 3. The fraction of sp³-hybridized carbons (Fsp3) is 0.464. The van der Waals surface area contributed by atoms with Crippen molar-refractivity contribution in [3.63, 3.8) is 0 Å². The molecule has 1 atom stereocenters. The number of alkyl halides is 3. The van der Waals surface area contributed by atoms with E-state index in [2.05, 4.69) is 29.8 Å². The van der Waals surface area contributed by atoms with Crippen LogP contribution in [-0.4, -0.2) is 84.4 Å². The van der Waals surface area contributed by atoms with Crippen molar-refractivity contribution >= 4 is 23.2 Å². The van der Waals surface area contributed by atoms with Crippen molar-refractivity contribution in [2.24, 2.45) is 5.73 Å². The summed E-state index contributed by atoms with van der Waals surface area (Å²) in [5.74, 6) is -0.959. The predicted octanol–water partition coefficient (Wildman–Crippen LogP) is 3.98. The Balaban J connectivity index is 1.39. The van der Waals surface area contributed by atoms with Crippen LogP contribution in [0.15, 0.2) is 42.7 Å². The number of nitrogens with two attached hydrogens (primary N) is 1. The molecule has 0 radical (unpaired) electrons. The maximum absolute atomic E-state index is 13.2. The van der Waals surface area contributed by atoms with Crippen LogP contribution in [0.4, 0.5) is 30.5 Å². The first kappa shape index (κ1) is 29.6. The van der Waals surface area contributed by atoms with Crippen molar-refractivity contribution in [1.29, 1.82) is 0 Å². The number of amides is 1. The molecule has 2 fully saturated rings. The monoisotopic (exact) mass is 589 g/mol. The van der Waals surface area contributed by atoms with Gasteiger partial charge in [-0.2, -0.15) is 0 Å². The quantitative estimate of drug-likeness (QED) is 0.362. The van der Waals surface area contributed by atoms with Gasteiger partial charge in [0.2, 0.25) is 11.9 Å². The molecule has 42 heavy (non-hydrogen) atoms. The van der Waals surface area contributed by atoms with E-state index in [0.29, 0.717) is 31.1 Å². The van der Waals surface area contributed by atoms with Crippen LogP contribution >= 0.6 is 0 Å². The van der Waals surface area contributed by atoms with E-state index in [0.717, 1.165) is 51.1 Å². The molecule has 0 spiro atoms. The van der Waals surface area contributed by atoms with E-state index in [1.165, 1.54) is 12.3 Å². The van der Waals surface area contributed by atoms with E-state index in [1.807, 2.05) is 7.05 Å². The van der Waals surface area contributed by atoms with Gasteiger partial charge in [-0.25, -0.2) is 9.97 Å². The molecule has 3 N–H and O–H groups in total. The minimum absolute atomic E-state index is 0.0512.